The molecule has 2 N–H and O–H groups in total. The van der Waals surface area contributed by atoms with Gasteiger partial charge in [-0.25, -0.2) is 0 Å². The molecular formula is C14H19N3O. The van der Waals surface area contributed by atoms with Crippen molar-refractivity contribution in [2.75, 3.05) is 12.8 Å². The van der Waals surface area contributed by atoms with Crippen molar-refractivity contribution in [3.05, 3.63) is 29.0 Å². The van der Waals surface area contributed by atoms with Crippen LogP contribution in [0.15, 0.2) is 12.1 Å². The van der Waals surface area contributed by atoms with Gasteiger partial charge in [0.1, 0.15) is 11.6 Å². The summed E-state index contributed by atoms with van der Waals surface area (Å²) in [6.07, 6.45) is 0. The molecule has 0 radical (unpaired) electrons. The number of nitrogens with two attached hydrogens (primary N) is 1. The molecule has 4 nitrogen and oxygen atoms in total. The topological polar surface area (TPSA) is 53.1 Å². The summed E-state index contributed by atoms with van der Waals surface area (Å²) in [6, 6.07) is 4.14. The van der Waals surface area contributed by atoms with E-state index in [0.717, 1.165) is 33.7 Å². The summed E-state index contributed by atoms with van der Waals surface area (Å²) < 4.78 is 7.04. The fraction of sp³-hybridized carbons (Fsp3) is 0.357. The van der Waals surface area contributed by atoms with Crippen LogP contribution in [0.4, 0.5) is 5.82 Å². The minimum Gasteiger partial charge on any atom is -0.496 e. The standard InChI is InChI=1S/C14H19N3O/c1-8-7-12(18-5)9(2)6-11(8)13-10(3)16-17(4)14(13)15/h6-7H,15H2,1-5H3. The highest BCUT2D eigenvalue weighted by molar-refractivity contribution is 5.79. The number of benzene rings is 1. The number of rotatable bonds is 2. The Balaban J connectivity index is 2.68. The molecule has 1 aromatic heterocycles. The van der Waals surface area contributed by atoms with Gasteiger partial charge in [0.15, 0.2) is 0 Å². The lowest BCUT2D eigenvalue weighted by molar-refractivity contribution is 0.411. The van der Waals surface area contributed by atoms with E-state index in [-0.39, 0.29) is 0 Å². The quantitative estimate of drug-likeness (QED) is 0.884. The third-order valence-electron chi connectivity index (χ3n) is 3.28. The molecule has 18 heavy (non-hydrogen) atoms. The second kappa shape index (κ2) is 4.37. The van der Waals surface area contributed by atoms with Crippen molar-refractivity contribution in [1.29, 1.82) is 0 Å². The predicted molar refractivity (Wildman–Crippen MR) is 73.8 cm³/mol. The van der Waals surface area contributed by atoms with Crippen LogP contribution < -0.4 is 10.5 Å². The zero-order valence-electron chi connectivity index (χ0n) is 11.5. The van der Waals surface area contributed by atoms with Crippen LogP contribution in [0.25, 0.3) is 11.1 Å². The number of anilines is 1. The van der Waals surface area contributed by atoms with E-state index in [9.17, 15) is 0 Å². The number of aryl methyl sites for hydroxylation is 4. The van der Waals surface area contributed by atoms with Gasteiger partial charge in [-0.2, -0.15) is 5.10 Å². The van der Waals surface area contributed by atoms with Crippen molar-refractivity contribution in [3.8, 4) is 16.9 Å². The van der Waals surface area contributed by atoms with Crippen molar-refractivity contribution in [1.82, 2.24) is 9.78 Å². The first-order chi connectivity index (χ1) is 8.45. The van der Waals surface area contributed by atoms with Crippen molar-refractivity contribution >= 4 is 5.82 Å². The van der Waals surface area contributed by atoms with Crippen molar-refractivity contribution < 1.29 is 4.74 Å². The summed E-state index contributed by atoms with van der Waals surface area (Å²) in [7, 11) is 3.54. The average molecular weight is 245 g/mol. The predicted octanol–water partition coefficient (Wildman–Crippen LogP) is 2.60. The highest BCUT2D eigenvalue weighted by Gasteiger charge is 2.15. The largest absolute Gasteiger partial charge is 0.496 e. The molecular weight excluding hydrogens is 226 g/mol. The van der Waals surface area contributed by atoms with Crippen LogP contribution in [-0.4, -0.2) is 16.9 Å². The van der Waals surface area contributed by atoms with E-state index in [2.05, 4.69) is 18.1 Å². The van der Waals surface area contributed by atoms with Crippen LogP contribution in [0.5, 0.6) is 5.75 Å². The Labute approximate surface area is 107 Å². The molecule has 1 aromatic carbocycles. The molecule has 96 valence electrons. The summed E-state index contributed by atoms with van der Waals surface area (Å²) in [5.41, 5.74) is 11.4. The Morgan fingerprint density at radius 2 is 1.83 bits per heavy atom. The average Bonchev–Trinajstić information content (AvgIpc) is 2.56. The number of methoxy groups -OCH3 is 1. The van der Waals surface area contributed by atoms with E-state index in [4.69, 9.17) is 10.5 Å². The van der Waals surface area contributed by atoms with Gasteiger partial charge in [0, 0.05) is 12.6 Å². The second-order valence-corrected chi connectivity index (χ2v) is 4.61. The number of ether oxygens (including phenoxy) is 1. The van der Waals surface area contributed by atoms with Gasteiger partial charge in [-0.1, -0.05) is 0 Å². The molecule has 4 heteroatoms. The maximum Gasteiger partial charge on any atom is 0.129 e. The number of hydrogen-bond donors (Lipinski definition) is 1. The number of nitrogens with zero attached hydrogens (tertiary/aromatic N) is 2. The Bertz CT molecular complexity index is 600. The van der Waals surface area contributed by atoms with E-state index in [1.807, 2.05) is 27.0 Å². The van der Waals surface area contributed by atoms with Crippen LogP contribution in [-0.2, 0) is 7.05 Å². The minimum absolute atomic E-state index is 0.695. The Hall–Kier alpha value is -1.97. The van der Waals surface area contributed by atoms with Gasteiger partial charge in [-0.05, 0) is 49.6 Å². The lowest BCUT2D eigenvalue weighted by atomic mass is 9.97. The SMILES string of the molecule is COc1cc(C)c(-c2c(C)nn(C)c2N)cc1C. The van der Waals surface area contributed by atoms with Gasteiger partial charge < -0.3 is 10.5 Å². The molecule has 0 aliphatic heterocycles. The molecule has 0 unspecified atom stereocenters. The van der Waals surface area contributed by atoms with E-state index in [1.54, 1.807) is 11.8 Å². The first kappa shape index (κ1) is 12.5. The molecule has 0 saturated carbocycles. The van der Waals surface area contributed by atoms with E-state index in [1.165, 1.54) is 0 Å². The van der Waals surface area contributed by atoms with Crippen molar-refractivity contribution in [3.63, 3.8) is 0 Å². The van der Waals surface area contributed by atoms with Gasteiger partial charge in [0.05, 0.1) is 12.8 Å². The molecule has 0 aliphatic rings. The van der Waals surface area contributed by atoms with Gasteiger partial charge >= 0.3 is 0 Å². The van der Waals surface area contributed by atoms with Crippen molar-refractivity contribution in [2.24, 2.45) is 7.05 Å². The highest BCUT2D eigenvalue weighted by Crippen LogP contribution is 2.34. The first-order valence-electron chi connectivity index (χ1n) is 5.90. The van der Waals surface area contributed by atoms with Gasteiger partial charge in [-0.15, -0.1) is 0 Å². The van der Waals surface area contributed by atoms with Crippen LogP contribution in [0, 0.1) is 20.8 Å². The molecule has 1 heterocycles. The summed E-state index contributed by atoms with van der Waals surface area (Å²) in [5.74, 6) is 1.59. The van der Waals surface area contributed by atoms with Crippen LogP contribution in [0.3, 0.4) is 0 Å². The zero-order valence-corrected chi connectivity index (χ0v) is 11.5. The van der Waals surface area contributed by atoms with E-state index >= 15 is 0 Å². The molecule has 0 atom stereocenters. The maximum absolute atomic E-state index is 6.09. The number of nitrogen functional groups attached to an aromatic ring is 1. The fourth-order valence-electron chi connectivity index (χ4n) is 2.29. The van der Waals surface area contributed by atoms with Gasteiger partial charge in [0.2, 0.25) is 0 Å². The monoisotopic (exact) mass is 245 g/mol. The maximum atomic E-state index is 6.09. The fourth-order valence-corrected chi connectivity index (χ4v) is 2.29. The summed E-state index contributed by atoms with van der Waals surface area (Å²) in [5, 5.41) is 4.36. The van der Waals surface area contributed by atoms with Crippen LogP contribution in [0.1, 0.15) is 16.8 Å². The molecule has 2 aromatic rings. The minimum atomic E-state index is 0.695. The smallest absolute Gasteiger partial charge is 0.129 e. The zero-order chi connectivity index (χ0) is 13.4. The third-order valence-corrected chi connectivity index (χ3v) is 3.28. The van der Waals surface area contributed by atoms with Crippen LogP contribution in [0.2, 0.25) is 0 Å². The lowest BCUT2D eigenvalue weighted by Crippen LogP contribution is -1.99. The summed E-state index contributed by atoms with van der Waals surface area (Å²) in [6.45, 7) is 6.07. The highest BCUT2D eigenvalue weighted by atomic mass is 16.5. The summed E-state index contributed by atoms with van der Waals surface area (Å²) >= 11 is 0. The second-order valence-electron chi connectivity index (χ2n) is 4.61. The van der Waals surface area contributed by atoms with Gasteiger partial charge in [-0.3, -0.25) is 4.68 Å². The van der Waals surface area contributed by atoms with Crippen molar-refractivity contribution in [2.45, 2.75) is 20.8 Å². The number of hydrogen-bond acceptors (Lipinski definition) is 3. The lowest BCUT2D eigenvalue weighted by Gasteiger charge is -2.11. The molecule has 0 amide bonds. The van der Waals surface area contributed by atoms with Gasteiger partial charge in [0.25, 0.3) is 0 Å². The van der Waals surface area contributed by atoms with E-state index < -0.39 is 0 Å². The Morgan fingerprint density at radius 3 is 2.33 bits per heavy atom. The molecule has 0 spiro atoms. The normalized spacial score (nSPS) is 10.7. The Kier molecular flexibility index (Phi) is 3.03. The molecule has 0 saturated heterocycles. The van der Waals surface area contributed by atoms with E-state index in [0.29, 0.717) is 5.82 Å². The Morgan fingerprint density at radius 1 is 1.17 bits per heavy atom. The molecule has 0 aliphatic carbocycles. The first-order valence-corrected chi connectivity index (χ1v) is 5.90. The molecule has 2 rings (SSSR count). The number of aromatic nitrogens is 2. The molecule has 0 bridgehead atoms. The summed E-state index contributed by atoms with van der Waals surface area (Å²) in [4.78, 5) is 0. The van der Waals surface area contributed by atoms with Crippen LogP contribution >= 0.6 is 0 Å². The molecule has 0 fully saturated rings. The third kappa shape index (κ3) is 1.83.